The molecule has 84 valence electrons. The van der Waals surface area contributed by atoms with Crippen molar-refractivity contribution in [2.45, 2.75) is 26.7 Å². The Morgan fingerprint density at radius 1 is 1.31 bits per heavy atom. The lowest BCUT2D eigenvalue weighted by atomic mass is 10.1. The molecule has 0 saturated carbocycles. The highest BCUT2D eigenvalue weighted by atomic mass is 35.5. The van der Waals surface area contributed by atoms with E-state index in [2.05, 4.69) is 11.9 Å². The molecule has 0 spiro atoms. The van der Waals surface area contributed by atoms with Crippen LogP contribution in [0.3, 0.4) is 0 Å². The lowest BCUT2D eigenvalue weighted by molar-refractivity contribution is 0.888. The maximum atomic E-state index is 11.9. The van der Waals surface area contributed by atoms with Gasteiger partial charge in [-0.15, -0.1) is 0 Å². The van der Waals surface area contributed by atoms with Crippen LogP contribution in [-0.2, 0) is 6.42 Å². The van der Waals surface area contributed by atoms with Gasteiger partial charge in [0.25, 0.3) is 0 Å². The quantitative estimate of drug-likeness (QED) is 0.850. The number of hydrogen-bond acceptors (Lipinski definition) is 1. The first-order valence-corrected chi connectivity index (χ1v) is 5.81. The van der Waals surface area contributed by atoms with Crippen LogP contribution < -0.4 is 5.43 Å². The first-order valence-electron chi connectivity index (χ1n) is 5.44. The second-order valence-corrected chi connectivity index (χ2v) is 4.49. The molecule has 2 aromatic rings. The van der Waals surface area contributed by atoms with Gasteiger partial charge in [-0.25, -0.2) is 0 Å². The van der Waals surface area contributed by atoms with Crippen LogP contribution >= 0.6 is 11.6 Å². The van der Waals surface area contributed by atoms with E-state index in [4.69, 9.17) is 11.6 Å². The number of pyridine rings is 1. The van der Waals surface area contributed by atoms with Crippen LogP contribution in [0.1, 0.15) is 24.6 Å². The Morgan fingerprint density at radius 2 is 2.06 bits per heavy atom. The summed E-state index contributed by atoms with van der Waals surface area (Å²) in [6, 6.07) is 5.41. The summed E-state index contributed by atoms with van der Waals surface area (Å²) in [6.07, 6.45) is 1.88. The molecular weight excluding hydrogens is 222 g/mol. The minimum absolute atomic E-state index is 0.0443. The predicted octanol–water partition coefficient (Wildman–Crippen LogP) is 3.44. The van der Waals surface area contributed by atoms with Gasteiger partial charge in [0.2, 0.25) is 0 Å². The molecule has 1 aromatic heterocycles. The summed E-state index contributed by atoms with van der Waals surface area (Å²) >= 11 is 6.14. The molecule has 0 unspecified atom stereocenters. The molecule has 3 heteroatoms. The molecule has 1 N–H and O–H groups in total. The number of hydrogen-bond donors (Lipinski definition) is 1. The maximum Gasteiger partial charge on any atom is 0.189 e. The fourth-order valence-corrected chi connectivity index (χ4v) is 2.22. The number of benzene rings is 1. The Balaban J connectivity index is 2.77. The second-order valence-electron chi connectivity index (χ2n) is 4.08. The first kappa shape index (κ1) is 11.2. The highest BCUT2D eigenvalue weighted by Gasteiger charge is 2.06. The largest absolute Gasteiger partial charge is 0.357 e. The van der Waals surface area contributed by atoms with Gasteiger partial charge in [0.1, 0.15) is 0 Å². The van der Waals surface area contributed by atoms with Crippen molar-refractivity contribution in [2.24, 2.45) is 0 Å². The Kier molecular flexibility index (Phi) is 3.01. The van der Waals surface area contributed by atoms with E-state index in [0.29, 0.717) is 10.4 Å². The van der Waals surface area contributed by atoms with Crippen LogP contribution in [-0.4, -0.2) is 4.98 Å². The van der Waals surface area contributed by atoms with Crippen molar-refractivity contribution in [3.8, 4) is 0 Å². The van der Waals surface area contributed by atoms with E-state index in [1.165, 1.54) is 0 Å². The Bertz CT molecular complexity index is 586. The average Bonchev–Trinajstić information content (AvgIpc) is 2.20. The Morgan fingerprint density at radius 3 is 2.75 bits per heavy atom. The van der Waals surface area contributed by atoms with Crippen molar-refractivity contribution < 1.29 is 0 Å². The van der Waals surface area contributed by atoms with Gasteiger partial charge in [-0.05, 0) is 31.0 Å². The normalized spacial score (nSPS) is 10.9. The van der Waals surface area contributed by atoms with E-state index in [0.717, 1.165) is 29.6 Å². The summed E-state index contributed by atoms with van der Waals surface area (Å²) in [6.45, 7) is 4.02. The van der Waals surface area contributed by atoms with E-state index >= 15 is 0 Å². The van der Waals surface area contributed by atoms with E-state index in [1.54, 1.807) is 6.07 Å². The molecule has 2 rings (SSSR count). The summed E-state index contributed by atoms with van der Waals surface area (Å²) in [5.41, 5.74) is 2.75. The maximum absolute atomic E-state index is 11.9. The Labute approximate surface area is 99.3 Å². The van der Waals surface area contributed by atoms with E-state index in [1.807, 2.05) is 19.1 Å². The molecule has 2 nitrogen and oxygen atoms in total. The standard InChI is InChI=1S/C13H14ClNO/c1-3-4-9-7-12(16)10-5-8(2)6-11(14)13(10)15-9/h5-7H,3-4H2,1-2H3,(H,15,16). The molecule has 1 aromatic carbocycles. The minimum Gasteiger partial charge on any atom is -0.357 e. The zero-order valence-corrected chi connectivity index (χ0v) is 10.2. The molecular formula is C13H14ClNO. The van der Waals surface area contributed by atoms with E-state index in [9.17, 15) is 4.79 Å². The van der Waals surface area contributed by atoms with Crippen molar-refractivity contribution in [1.82, 2.24) is 4.98 Å². The van der Waals surface area contributed by atoms with Crippen molar-refractivity contribution in [1.29, 1.82) is 0 Å². The molecule has 0 aliphatic heterocycles. The second kappa shape index (κ2) is 4.30. The molecule has 0 atom stereocenters. The van der Waals surface area contributed by atoms with Gasteiger partial charge in [-0.2, -0.15) is 0 Å². The molecule has 0 amide bonds. The summed E-state index contributed by atoms with van der Waals surface area (Å²) in [7, 11) is 0. The van der Waals surface area contributed by atoms with Gasteiger partial charge >= 0.3 is 0 Å². The van der Waals surface area contributed by atoms with Crippen molar-refractivity contribution in [2.75, 3.05) is 0 Å². The number of H-pyrrole nitrogens is 1. The number of rotatable bonds is 2. The zero-order chi connectivity index (χ0) is 11.7. The lowest BCUT2D eigenvalue weighted by Gasteiger charge is -2.05. The third-order valence-corrected chi connectivity index (χ3v) is 2.91. The third-order valence-electron chi connectivity index (χ3n) is 2.61. The third kappa shape index (κ3) is 1.98. The molecule has 0 radical (unpaired) electrons. The smallest absolute Gasteiger partial charge is 0.189 e. The monoisotopic (exact) mass is 235 g/mol. The van der Waals surface area contributed by atoms with E-state index in [-0.39, 0.29) is 5.43 Å². The summed E-state index contributed by atoms with van der Waals surface area (Å²) in [5, 5.41) is 1.29. The van der Waals surface area contributed by atoms with Crippen LogP contribution in [0.15, 0.2) is 23.0 Å². The first-order chi connectivity index (χ1) is 7.61. The molecule has 0 fully saturated rings. The lowest BCUT2D eigenvalue weighted by Crippen LogP contribution is -2.05. The topological polar surface area (TPSA) is 32.9 Å². The number of aromatic nitrogens is 1. The van der Waals surface area contributed by atoms with Crippen LogP contribution in [0, 0.1) is 6.92 Å². The highest BCUT2D eigenvalue weighted by molar-refractivity contribution is 6.35. The minimum atomic E-state index is 0.0443. The summed E-state index contributed by atoms with van der Waals surface area (Å²) < 4.78 is 0. The molecule has 0 aliphatic rings. The van der Waals surface area contributed by atoms with Crippen molar-refractivity contribution in [3.63, 3.8) is 0 Å². The Hall–Kier alpha value is -1.28. The van der Waals surface area contributed by atoms with Gasteiger partial charge in [0.05, 0.1) is 10.5 Å². The van der Waals surface area contributed by atoms with Gasteiger partial charge < -0.3 is 4.98 Å². The van der Waals surface area contributed by atoms with Crippen LogP contribution in [0.4, 0.5) is 0 Å². The van der Waals surface area contributed by atoms with Crippen LogP contribution in [0.2, 0.25) is 5.02 Å². The van der Waals surface area contributed by atoms with Gasteiger partial charge in [0.15, 0.2) is 5.43 Å². The molecule has 16 heavy (non-hydrogen) atoms. The number of nitrogens with one attached hydrogen (secondary N) is 1. The van der Waals surface area contributed by atoms with Crippen LogP contribution in [0.25, 0.3) is 10.9 Å². The fraction of sp³-hybridized carbons (Fsp3) is 0.308. The average molecular weight is 236 g/mol. The molecule has 0 bridgehead atoms. The van der Waals surface area contributed by atoms with Gasteiger partial charge in [0, 0.05) is 17.1 Å². The van der Waals surface area contributed by atoms with Crippen LogP contribution in [0.5, 0.6) is 0 Å². The van der Waals surface area contributed by atoms with Gasteiger partial charge in [-0.3, -0.25) is 4.79 Å². The molecule has 0 aliphatic carbocycles. The summed E-state index contributed by atoms with van der Waals surface area (Å²) in [5.74, 6) is 0. The number of fused-ring (bicyclic) bond motifs is 1. The summed E-state index contributed by atoms with van der Waals surface area (Å²) in [4.78, 5) is 15.1. The molecule has 0 saturated heterocycles. The zero-order valence-electron chi connectivity index (χ0n) is 9.43. The van der Waals surface area contributed by atoms with E-state index < -0.39 is 0 Å². The predicted molar refractivity (Wildman–Crippen MR) is 68.3 cm³/mol. The van der Waals surface area contributed by atoms with Crippen molar-refractivity contribution >= 4 is 22.5 Å². The number of aryl methyl sites for hydroxylation is 2. The van der Waals surface area contributed by atoms with Crippen molar-refractivity contribution in [3.05, 3.63) is 44.7 Å². The number of halogens is 1. The molecule has 1 heterocycles. The SMILES string of the molecule is CCCc1cc(=O)c2cc(C)cc(Cl)c2[nH]1. The highest BCUT2D eigenvalue weighted by Crippen LogP contribution is 2.21. The van der Waals surface area contributed by atoms with Gasteiger partial charge in [-0.1, -0.05) is 24.9 Å². The number of aromatic amines is 1. The fourth-order valence-electron chi connectivity index (χ4n) is 1.90.